The van der Waals surface area contributed by atoms with Gasteiger partial charge in [-0.05, 0) is 36.2 Å². The number of fused-ring (bicyclic) bond motifs is 1. The van der Waals surface area contributed by atoms with E-state index in [1.807, 2.05) is 37.5 Å². The predicted octanol–water partition coefficient (Wildman–Crippen LogP) is 2.75. The van der Waals surface area contributed by atoms with Gasteiger partial charge in [-0.3, -0.25) is 14.6 Å². The van der Waals surface area contributed by atoms with Crippen molar-refractivity contribution >= 4 is 22.8 Å². The maximum atomic E-state index is 12.0. The van der Waals surface area contributed by atoms with Crippen LogP contribution in [0.2, 0.25) is 0 Å². The van der Waals surface area contributed by atoms with Gasteiger partial charge in [0.15, 0.2) is 5.58 Å². The number of nitrogens with two attached hydrogens (primary N) is 1. The van der Waals surface area contributed by atoms with Gasteiger partial charge in [0.25, 0.3) is 0 Å². The minimum absolute atomic E-state index is 0.453. The quantitative estimate of drug-likeness (QED) is 0.588. The number of carbonyl (C=O) groups is 1. The van der Waals surface area contributed by atoms with Crippen LogP contribution < -0.4 is 10.6 Å². The lowest BCUT2D eigenvalue weighted by atomic mass is 10.2. The van der Waals surface area contributed by atoms with Crippen molar-refractivity contribution in [1.29, 1.82) is 0 Å². The van der Waals surface area contributed by atoms with Gasteiger partial charge < -0.3 is 10.2 Å². The normalized spacial score (nSPS) is 11.0. The minimum atomic E-state index is -0.518. The Bertz CT molecular complexity index is 1090. The zero-order valence-corrected chi connectivity index (χ0v) is 14.7. The largest absolute Gasteiger partial charge is 0.436 e. The van der Waals surface area contributed by atoms with Gasteiger partial charge in [-0.25, -0.2) is 9.78 Å². The molecule has 0 spiro atoms. The molecule has 4 rings (SSSR count). The van der Waals surface area contributed by atoms with E-state index < -0.39 is 6.03 Å². The van der Waals surface area contributed by atoms with Gasteiger partial charge in [0.05, 0.1) is 11.8 Å². The van der Waals surface area contributed by atoms with Gasteiger partial charge in [-0.2, -0.15) is 5.10 Å². The number of carbonyl (C=O) groups excluding carboxylic acids is 1. The third kappa shape index (κ3) is 3.50. The van der Waals surface area contributed by atoms with Crippen molar-refractivity contribution in [1.82, 2.24) is 19.7 Å². The maximum Gasteiger partial charge on any atom is 0.319 e. The fourth-order valence-electron chi connectivity index (χ4n) is 2.89. The molecule has 0 saturated heterocycles. The van der Waals surface area contributed by atoms with E-state index in [1.54, 1.807) is 29.3 Å². The zero-order valence-electron chi connectivity index (χ0n) is 14.7. The van der Waals surface area contributed by atoms with Crippen molar-refractivity contribution < 1.29 is 9.21 Å². The van der Waals surface area contributed by atoms with Crippen LogP contribution >= 0.6 is 0 Å². The molecule has 27 heavy (non-hydrogen) atoms. The molecule has 0 radical (unpaired) electrons. The average Bonchev–Trinajstić information content (AvgIpc) is 3.28. The van der Waals surface area contributed by atoms with Crippen molar-refractivity contribution in [3.8, 4) is 11.5 Å². The van der Waals surface area contributed by atoms with E-state index in [2.05, 4.69) is 15.1 Å². The molecule has 0 saturated carbocycles. The summed E-state index contributed by atoms with van der Waals surface area (Å²) >= 11 is 0. The van der Waals surface area contributed by atoms with Crippen molar-refractivity contribution in [3.05, 3.63) is 60.7 Å². The summed E-state index contributed by atoms with van der Waals surface area (Å²) in [6.45, 7) is 0.453. The second kappa shape index (κ2) is 6.91. The van der Waals surface area contributed by atoms with Gasteiger partial charge in [0.2, 0.25) is 5.89 Å². The van der Waals surface area contributed by atoms with Gasteiger partial charge in [0, 0.05) is 43.9 Å². The number of hydrogen-bond acceptors (Lipinski definition) is 5. The highest BCUT2D eigenvalue weighted by Crippen LogP contribution is 2.27. The van der Waals surface area contributed by atoms with E-state index in [1.165, 1.54) is 4.90 Å². The zero-order chi connectivity index (χ0) is 18.8. The fraction of sp³-hybridized carbons (Fsp3) is 0.158. The van der Waals surface area contributed by atoms with Crippen LogP contribution in [0.25, 0.3) is 22.6 Å². The number of benzene rings is 1. The SMILES string of the molecule is Cn1cc(-c2nc3ccc(N(CCc4ccncc4)C(N)=O)cc3o2)cn1. The summed E-state index contributed by atoms with van der Waals surface area (Å²) in [6, 6.07) is 8.72. The number of oxazole rings is 1. The Morgan fingerprint density at radius 1 is 1.26 bits per heavy atom. The average molecular weight is 362 g/mol. The number of pyridine rings is 1. The van der Waals surface area contributed by atoms with Crippen LogP contribution in [0.3, 0.4) is 0 Å². The second-order valence-electron chi connectivity index (χ2n) is 6.17. The summed E-state index contributed by atoms with van der Waals surface area (Å²) < 4.78 is 7.53. The first kappa shape index (κ1) is 16.8. The molecule has 0 aliphatic carbocycles. The number of anilines is 1. The summed E-state index contributed by atoms with van der Waals surface area (Å²) in [5.74, 6) is 0.484. The smallest absolute Gasteiger partial charge is 0.319 e. The van der Waals surface area contributed by atoms with Crippen LogP contribution in [0.15, 0.2) is 59.5 Å². The van der Waals surface area contributed by atoms with Crippen LogP contribution in [0.5, 0.6) is 0 Å². The number of hydrogen-bond donors (Lipinski definition) is 1. The second-order valence-corrected chi connectivity index (χ2v) is 6.17. The minimum Gasteiger partial charge on any atom is -0.436 e. The Hall–Kier alpha value is -3.68. The van der Waals surface area contributed by atoms with Gasteiger partial charge in [-0.1, -0.05) is 0 Å². The molecule has 4 aromatic rings. The van der Waals surface area contributed by atoms with E-state index in [9.17, 15) is 4.79 Å². The Balaban J connectivity index is 1.61. The maximum absolute atomic E-state index is 12.0. The summed E-state index contributed by atoms with van der Waals surface area (Å²) in [7, 11) is 1.83. The first-order valence-corrected chi connectivity index (χ1v) is 8.45. The summed E-state index contributed by atoms with van der Waals surface area (Å²) in [5.41, 5.74) is 9.42. The number of nitrogens with zero attached hydrogens (tertiary/aromatic N) is 5. The number of urea groups is 1. The van der Waals surface area contributed by atoms with Crippen LogP contribution in [-0.4, -0.2) is 32.3 Å². The molecule has 3 heterocycles. The molecule has 136 valence electrons. The van der Waals surface area contributed by atoms with E-state index in [0.29, 0.717) is 35.6 Å². The van der Waals surface area contributed by atoms with Crippen molar-refractivity contribution in [2.24, 2.45) is 12.8 Å². The molecule has 0 aliphatic heterocycles. The summed E-state index contributed by atoms with van der Waals surface area (Å²) in [6.07, 6.45) is 7.64. The predicted molar refractivity (Wildman–Crippen MR) is 101 cm³/mol. The number of rotatable bonds is 5. The molecule has 0 aliphatic rings. The Labute approximate surface area is 155 Å². The lowest BCUT2D eigenvalue weighted by molar-refractivity contribution is 0.254. The molecule has 0 unspecified atom stereocenters. The highest BCUT2D eigenvalue weighted by molar-refractivity contribution is 5.93. The lowest BCUT2D eigenvalue weighted by Gasteiger charge is -2.20. The Morgan fingerprint density at radius 2 is 2.07 bits per heavy atom. The van der Waals surface area contributed by atoms with Crippen LogP contribution in [0.1, 0.15) is 5.56 Å². The van der Waals surface area contributed by atoms with Crippen molar-refractivity contribution in [3.63, 3.8) is 0 Å². The molecule has 8 nitrogen and oxygen atoms in total. The van der Waals surface area contributed by atoms with Crippen LogP contribution in [0, 0.1) is 0 Å². The van der Waals surface area contributed by atoms with E-state index in [4.69, 9.17) is 10.2 Å². The number of amides is 2. The first-order valence-electron chi connectivity index (χ1n) is 8.45. The monoisotopic (exact) mass is 362 g/mol. The Morgan fingerprint density at radius 3 is 2.78 bits per heavy atom. The molecule has 0 atom stereocenters. The Kier molecular flexibility index (Phi) is 4.29. The molecule has 2 amide bonds. The molecular weight excluding hydrogens is 344 g/mol. The van der Waals surface area contributed by atoms with E-state index >= 15 is 0 Å². The van der Waals surface area contributed by atoms with Crippen molar-refractivity contribution in [2.75, 3.05) is 11.4 Å². The lowest BCUT2D eigenvalue weighted by Crippen LogP contribution is -2.37. The molecule has 0 bridgehead atoms. The highest BCUT2D eigenvalue weighted by Gasteiger charge is 2.16. The molecule has 0 fully saturated rings. The fourth-order valence-corrected chi connectivity index (χ4v) is 2.89. The molecule has 8 heteroatoms. The van der Waals surface area contributed by atoms with E-state index in [0.717, 1.165) is 11.1 Å². The van der Waals surface area contributed by atoms with Crippen molar-refractivity contribution in [2.45, 2.75) is 6.42 Å². The van der Waals surface area contributed by atoms with Crippen LogP contribution in [0.4, 0.5) is 10.5 Å². The highest BCUT2D eigenvalue weighted by atomic mass is 16.3. The number of primary amides is 1. The standard InChI is InChI=1S/C19H18N6O2/c1-24-12-14(11-22-24)18-23-16-3-2-15(10-17(16)27-18)25(19(20)26)9-6-13-4-7-21-8-5-13/h2-5,7-8,10-12H,6,9H2,1H3,(H2,20,26). The van der Waals surface area contributed by atoms with Gasteiger partial charge in [0.1, 0.15) is 5.52 Å². The number of aryl methyl sites for hydroxylation is 1. The molecule has 3 aromatic heterocycles. The first-order chi connectivity index (χ1) is 13.1. The van der Waals surface area contributed by atoms with Gasteiger partial charge >= 0.3 is 6.03 Å². The summed E-state index contributed by atoms with van der Waals surface area (Å²) in [5, 5.41) is 4.13. The van der Waals surface area contributed by atoms with E-state index in [-0.39, 0.29) is 0 Å². The third-order valence-corrected chi connectivity index (χ3v) is 4.27. The van der Waals surface area contributed by atoms with Gasteiger partial charge in [-0.15, -0.1) is 0 Å². The molecule has 1 aromatic carbocycles. The number of aromatic nitrogens is 4. The van der Waals surface area contributed by atoms with Crippen LogP contribution in [-0.2, 0) is 13.5 Å². The molecular formula is C19H18N6O2. The molecule has 2 N–H and O–H groups in total. The third-order valence-electron chi connectivity index (χ3n) is 4.27. The summed E-state index contributed by atoms with van der Waals surface area (Å²) in [4.78, 5) is 22.0. The topological polar surface area (TPSA) is 103 Å².